The Labute approximate surface area is 119 Å². The molecule has 1 atom stereocenters. The maximum atomic E-state index is 13.0. The molecule has 20 heavy (non-hydrogen) atoms. The third kappa shape index (κ3) is 3.53. The Morgan fingerprint density at radius 3 is 2.25 bits per heavy atom. The first-order chi connectivity index (χ1) is 9.60. The molecule has 4 heteroatoms. The van der Waals surface area contributed by atoms with E-state index >= 15 is 0 Å². The second-order valence-corrected chi connectivity index (χ2v) is 5.15. The maximum Gasteiger partial charge on any atom is 0.149 e. The summed E-state index contributed by atoms with van der Waals surface area (Å²) in [6.45, 7) is 6.26. The zero-order chi connectivity index (χ0) is 14.5. The van der Waals surface area contributed by atoms with E-state index in [1.807, 2.05) is 12.1 Å². The van der Waals surface area contributed by atoms with Crippen molar-refractivity contribution in [2.24, 2.45) is 0 Å². The van der Waals surface area contributed by atoms with E-state index in [1.165, 1.54) is 12.1 Å². The van der Waals surface area contributed by atoms with Gasteiger partial charge < -0.3 is 5.32 Å². The molecule has 0 saturated carbocycles. The summed E-state index contributed by atoms with van der Waals surface area (Å²) in [5.74, 6) is 0.894. The van der Waals surface area contributed by atoms with Crippen LogP contribution in [0.15, 0.2) is 36.4 Å². The molecule has 0 saturated heterocycles. The summed E-state index contributed by atoms with van der Waals surface area (Å²) in [5.41, 5.74) is 2.02. The number of aromatic nitrogens is 2. The fourth-order valence-corrected chi connectivity index (χ4v) is 2.02. The van der Waals surface area contributed by atoms with Crippen LogP contribution in [0.25, 0.3) is 0 Å². The molecule has 0 aliphatic rings. The van der Waals surface area contributed by atoms with Gasteiger partial charge in [-0.15, -0.1) is 5.10 Å². The third-order valence-electron chi connectivity index (χ3n) is 3.28. The van der Waals surface area contributed by atoms with Gasteiger partial charge in [-0.05, 0) is 42.2 Å². The van der Waals surface area contributed by atoms with Crippen LogP contribution in [0, 0.1) is 5.82 Å². The molecule has 2 aromatic rings. The molecule has 2 rings (SSSR count). The summed E-state index contributed by atoms with van der Waals surface area (Å²) < 4.78 is 13.0. The zero-order valence-electron chi connectivity index (χ0n) is 12.1. The summed E-state index contributed by atoms with van der Waals surface area (Å²) in [5, 5.41) is 11.7. The lowest BCUT2D eigenvalue weighted by molar-refractivity contribution is 0.625. The van der Waals surface area contributed by atoms with Crippen LogP contribution in [-0.2, 0) is 0 Å². The minimum Gasteiger partial charge on any atom is -0.362 e. The molecular weight excluding hydrogens is 253 g/mol. The van der Waals surface area contributed by atoms with Crippen molar-refractivity contribution in [3.05, 3.63) is 53.5 Å². The minimum atomic E-state index is -0.218. The highest BCUT2D eigenvalue weighted by molar-refractivity contribution is 5.37. The standard InChI is InChI=1S/C16H20FN3/c1-4-14(12-5-7-13(17)8-6-12)18-16-10-9-15(11(2)3)19-20-16/h5-11,14H,4H2,1-3H3,(H,18,20)/t14-/m0/s1. The molecule has 0 radical (unpaired) electrons. The number of nitrogens with one attached hydrogen (secondary N) is 1. The van der Waals surface area contributed by atoms with Crippen LogP contribution in [0.3, 0.4) is 0 Å². The number of hydrogen-bond acceptors (Lipinski definition) is 3. The van der Waals surface area contributed by atoms with Crippen molar-refractivity contribution in [1.29, 1.82) is 0 Å². The van der Waals surface area contributed by atoms with Crippen LogP contribution >= 0.6 is 0 Å². The van der Waals surface area contributed by atoms with Crippen molar-refractivity contribution in [3.8, 4) is 0 Å². The fraction of sp³-hybridized carbons (Fsp3) is 0.375. The minimum absolute atomic E-state index is 0.106. The van der Waals surface area contributed by atoms with Crippen molar-refractivity contribution >= 4 is 5.82 Å². The van der Waals surface area contributed by atoms with Gasteiger partial charge in [-0.1, -0.05) is 32.9 Å². The molecule has 0 aliphatic carbocycles. The maximum absolute atomic E-state index is 13.0. The highest BCUT2D eigenvalue weighted by atomic mass is 19.1. The van der Waals surface area contributed by atoms with E-state index in [1.54, 1.807) is 12.1 Å². The number of hydrogen-bond donors (Lipinski definition) is 1. The Kier molecular flexibility index (Phi) is 4.66. The van der Waals surface area contributed by atoms with E-state index in [0.29, 0.717) is 5.92 Å². The van der Waals surface area contributed by atoms with Crippen LogP contribution in [0.4, 0.5) is 10.2 Å². The van der Waals surface area contributed by atoms with E-state index in [9.17, 15) is 4.39 Å². The van der Waals surface area contributed by atoms with Crippen molar-refractivity contribution in [2.45, 2.75) is 39.2 Å². The molecule has 0 aliphatic heterocycles. The van der Waals surface area contributed by atoms with Crippen LogP contribution in [-0.4, -0.2) is 10.2 Å². The van der Waals surface area contributed by atoms with E-state index in [-0.39, 0.29) is 11.9 Å². The molecule has 0 unspecified atom stereocenters. The Morgan fingerprint density at radius 2 is 1.75 bits per heavy atom. The Balaban J connectivity index is 2.11. The number of rotatable bonds is 5. The Morgan fingerprint density at radius 1 is 1.05 bits per heavy atom. The second kappa shape index (κ2) is 6.46. The predicted octanol–water partition coefficient (Wildman–Crippen LogP) is 4.30. The lowest BCUT2D eigenvalue weighted by Gasteiger charge is -2.18. The van der Waals surface area contributed by atoms with Gasteiger partial charge in [0.2, 0.25) is 0 Å². The molecular formula is C16H20FN3. The average molecular weight is 273 g/mol. The second-order valence-electron chi connectivity index (χ2n) is 5.15. The van der Waals surface area contributed by atoms with Crippen molar-refractivity contribution < 1.29 is 4.39 Å². The summed E-state index contributed by atoms with van der Waals surface area (Å²) in [6.07, 6.45) is 0.888. The normalized spacial score (nSPS) is 12.4. The van der Waals surface area contributed by atoms with Gasteiger partial charge in [-0.2, -0.15) is 5.10 Å². The molecule has 0 fully saturated rings. The highest BCUT2D eigenvalue weighted by Crippen LogP contribution is 2.22. The first kappa shape index (κ1) is 14.4. The van der Waals surface area contributed by atoms with E-state index in [0.717, 1.165) is 23.5 Å². The van der Waals surface area contributed by atoms with Crippen molar-refractivity contribution in [1.82, 2.24) is 10.2 Å². The molecule has 1 aromatic carbocycles. The monoisotopic (exact) mass is 273 g/mol. The molecule has 1 N–H and O–H groups in total. The van der Waals surface area contributed by atoms with E-state index in [2.05, 4.69) is 36.3 Å². The Bertz CT molecular complexity index is 535. The number of benzene rings is 1. The summed E-state index contributed by atoms with van der Waals surface area (Å²) >= 11 is 0. The van der Waals surface area contributed by atoms with Crippen molar-refractivity contribution in [2.75, 3.05) is 5.32 Å². The van der Waals surface area contributed by atoms with Gasteiger partial charge in [0.05, 0.1) is 11.7 Å². The number of anilines is 1. The highest BCUT2D eigenvalue weighted by Gasteiger charge is 2.10. The van der Waals surface area contributed by atoms with Gasteiger partial charge >= 0.3 is 0 Å². The van der Waals surface area contributed by atoms with Crippen molar-refractivity contribution in [3.63, 3.8) is 0 Å². The van der Waals surface area contributed by atoms with Crippen LogP contribution in [0.1, 0.15) is 50.4 Å². The van der Waals surface area contributed by atoms with Gasteiger partial charge in [0, 0.05) is 0 Å². The molecule has 3 nitrogen and oxygen atoms in total. The van der Waals surface area contributed by atoms with Crippen LogP contribution in [0.2, 0.25) is 0 Å². The molecule has 0 amide bonds. The van der Waals surface area contributed by atoms with Gasteiger partial charge in [-0.25, -0.2) is 4.39 Å². The SMILES string of the molecule is CC[C@H](Nc1ccc(C(C)C)nn1)c1ccc(F)cc1. The number of nitrogens with zero attached hydrogens (tertiary/aromatic N) is 2. The van der Waals surface area contributed by atoms with E-state index < -0.39 is 0 Å². The van der Waals surface area contributed by atoms with Gasteiger partial charge in [0.25, 0.3) is 0 Å². The molecule has 0 bridgehead atoms. The quantitative estimate of drug-likeness (QED) is 0.882. The van der Waals surface area contributed by atoms with Crippen LogP contribution in [0.5, 0.6) is 0 Å². The lowest BCUT2D eigenvalue weighted by Crippen LogP contribution is -2.11. The molecule has 1 heterocycles. The van der Waals surface area contributed by atoms with Crippen LogP contribution < -0.4 is 5.32 Å². The zero-order valence-corrected chi connectivity index (χ0v) is 12.1. The van der Waals surface area contributed by atoms with Gasteiger partial charge in [0.15, 0.2) is 0 Å². The third-order valence-corrected chi connectivity index (χ3v) is 3.28. The smallest absolute Gasteiger partial charge is 0.149 e. The number of halogens is 1. The fourth-order valence-electron chi connectivity index (χ4n) is 2.02. The first-order valence-corrected chi connectivity index (χ1v) is 6.95. The molecule has 0 spiro atoms. The predicted molar refractivity (Wildman–Crippen MR) is 79.2 cm³/mol. The summed E-state index contributed by atoms with van der Waals surface area (Å²) in [6, 6.07) is 10.6. The first-order valence-electron chi connectivity index (χ1n) is 6.95. The largest absolute Gasteiger partial charge is 0.362 e. The van der Waals surface area contributed by atoms with E-state index in [4.69, 9.17) is 0 Å². The Hall–Kier alpha value is -1.97. The topological polar surface area (TPSA) is 37.8 Å². The van der Waals surface area contributed by atoms with Gasteiger partial charge in [0.1, 0.15) is 11.6 Å². The molecule has 1 aromatic heterocycles. The average Bonchev–Trinajstić information content (AvgIpc) is 2.46. The van der Waals surface area contributed by atoms with Gasteiger partial charge in [-0.3, -0.25) is 0 Å². The molecule has 106 valence electrons. The summed E-state index contributed by atoms with van der Waals surface area (Å²) in [7, 11) is 0. The summed E-state index contributed by atoms with van der Waals surface area (Å²) in [4.78, 5) is 0. The lowest BCUT2D eigenvalue weighted by atomic mass is 10.0.